The van der Waals surface area contributed by atoms with Crippen molar-refractivity contribution in [3.8, 4) is 0 Å². The van der Waals surface area contributed by atoms with Crippen molar-refractivity contribution < 1.29 is 14.3 Å². The largest absolute Gasteiger partial charge is 0.444 e. The van der Waals surface area contributed by atoms with Gasteiger partial charge in [0.15, 0.2) is 0 Å². The van der Waals surface area contributed by atoms with Gasteiger partial charge in [-0.05, 0) is 51.3 Å². The molecule has 5 heteroatoms. The normalized spacial score (nSPS) is 21.5. The minimum absolute atomic E-state index is 0.261. The average molecular weight is 340 g/mol. The maximum Gasteiger partial charge on any atom is 0.410 e. The van der Waals surface area contributed by atoms with Crippen LogP contribution in [0.15, 0.2) is 24.3 Å². The number of benzene rings is 1. The first-order valence-electron chi connectivity index (χ1n) is 8.09. The highest BCUT2D eigenvalue weighted by molar-refractivity contribution is 6.30. The molecule has 0 radical (unpaired) electrons. The number of carbonyl (C=O) groups excluding carboxylic acids is 1. The quantitative estimate of drug-likeness (QED) is 0.801. The highest BCUT2D eigenvalue weighted by atomic mass is 35.5. The fourth-order valence-corrected chi connectivity index (χ4v) is 2.78. The molecular weight excluding hydrogens is 314 g/mol. The van der Waals surface area contributed by atoms with Crippen molar-refractivity contribution in [3.05, 3.63) is 34.9 Å². The Morgan fingerprint density at radius 1 is 1.30 bits per heavy atom. The molecule has 1 amide bonds. The smallest absolute Gasteiger partial charge is 0.410 e. The van der Waals surface area contributed by atoms with Crippen LogP contribution in [0.1, 0.15) is 46.1 Å². The van der Waals surface area contributed by atoms with Crippen molar-refractivity contribution in [1.82, 2.24) is 4.90 Å². The van der Waals surface area contributed by atoms with Gasteiger partial charge in [0.1, 0.15) is 5.60 Å². The van der Waals surface area contributed by atoms with Crippen LogP contribution in [-0.4, -0.2) is 35.3 Å². The van der Waals surface area contributed by atoms with Crippen LogP contribution in [0.3, 0.4) is 0 Å². The Morgan fingerprint density at radius 2 is 1.96 bits per heavy atom. The maximum absolute atomic E-state index is 12.2. The van der Waals surface area contributed by atoms with Crippen LogP contribution in [0.2, 0.25) is 5.02 Å². The van der Waals surface area contributed by atoms with Crippen LogP contribution in [0, 0.1) is 0 Å². The predicted molar refractivity (Wildman–Crippen MR) is 91.7 cm³/mol. The molecule has 0 spiro atoms. The van der Waals surface area contributed by atoms with E-state index in [-0.39, 0.29) is 11.7 Å². The fourth-order valence-electron chi connectivity index (χ4n) is 2.65. The Balaban J connectivity index is 1.94. The maximum atomic E-state index is 12.2. The van der Waals surface area contributed by atoms with Crippen molar-refractivity contribution in [2.24, 2.45) is 0 Å². The minimum Gasteiger partial charge on any atom is -0.444 e. The number of carbonyl (C=O) groups is 1. The van der Waals surface area contributed by atoms with Crippen molar-refractivity contribution in [2.45, 2.75) is 58.3 Å². The SMILES string of the molecule is CCC1(OCc2ccc(Cl)cc2)CCN(C(=O)OC(C)(C)C)C1. The molecule has 1 saturated heterocycles. The van der Waals surface area contributed by atoms with Crippen LogP contribution in [0.5, 0.6) is 0 Å². The summed E-state index contributed by atoms with van der Waals surface area (Å²) in [6, 6.07) is 7.65. The molecule has 2 rings (SSSR count). The van der Waals surface area contributed by atoms with Crippen LogP contribution in [0.25, 0.3) is 0 Å². The number of rotatable bonds is 4. The molecule has 1 heterocycles. The van der Waals surface area contributed by atoms with Gasteiger partial charge >= 0.3 is 6.09 Å². The molecular formula is C18H26ClNO3. The number of ether oxygens (including phenoxy) is 2. The van der Waals surface area contributed by atoms with Gasteiger partial charge in [0, 0.05) is 11.6 Å². The van der Waals surface area contributed by atoms with Crippen LogP contribution in [0.4, 0.5) is 4.79 Å². The first-order valence-corrected chi connectivity index (χ1v) is 8.47. The van der Waals surface area contributed by atoms with Crippen molar-refractivity contribution in [1.29, 1.82) is 0 Å². The average Bonchev–Trinajstić information content (AvgIpc) is 2.90. The summed E-state index contributed by atoms with van der Waals surface area (Å²) in [5.74, 6) is 0. The van der Waals surface area contributed by atoms with Gasteiger partial charge in [-0.25, -0.2) is 4.79 Å². The summed E-state index contributed by atoms with van der Waals surface area (Å²) in [6.07, 6.45) is 1.43. The molecule has 0 aromatic heterocycles. The van der Waals surface area contributed by atoms with Gasteiger partial charge in [0.2, 0.25) is 0 Å². The molecule has 1 aliphatic heterocycles. The van der Waals surface area contributed by atoms with Gasteiger partial charge in [0.05, 0.1) is 18.8 Å². The number of hydrogen-bond acceptors (Lipinski definition) is 3. The van der Waals surface area contributed by atoms with E-state index in [9.17, 15) is 4.79 Å². The summed E-state index contributed by atoms with van der Waals surface area (Å²) in [5.41, 5.74) is 0.313. The monoisotopic (exact) mass is 339 g/mol. The van der Waals surface area contributed by atoms with E-state index in [2.05, 4.69) is 6.92 Å². The van der Waals surface area contributed by atoms with Crippen molar-refractivity contribution >= 4 is 17.7 Å². The topological polar surface area (TPSA) is 38.8 Å². The molecule has 0 N–H and O–H groups in total. The van der Waals surface area contributed by atoms with Crippen molar-refractivity contribution in [3.63, 3.8) is 0 Å². The molecule has 1 unspecified atom stereocenters. The summed E-state index contributed by atoms with van der Waals surface area (Å²) in [7, 11) is 0. The van der Waals surface area contributed by atoms with E-state index < -0.39 is 5.60 Å². The fraction of sp³-hybridized carbons (Fsp3) is 0.611. The Kier molecular flexibility index (Phi) is 5.58. The summed E-state index contributed by atoms with van der Waals surface area (Å²) in [5, 5.41) is 0.718. The second-order valence-corrected chi connectivity index (χ2v) is 7.54. The van der Waals surface area contributed by atoms with E-state index in [0.717, 1.165) is 23.4 Å². The van der Waals surface area contributed by atoms with Gasteiger partial charge in [-0.1, -0.05) is 30.7 Å². The molecule has 1 aromatic carbocycles. The highest BCUT2D eigenvalue weighted by Crippen LogP contribution is 2.31. The number of likely N-dealkylation sites (tertiary alicyclic amines) is 1. The standard InChI is InChI=1S/C18H26ClNO3/c1-5-18(22-12-14-6-8-15(19)9-7-14)10-11-20(13-18)16(21)23-17(2,3)4/h6-9H,5,10-13H2,1-4H3. The van der Waals surface area contributed by atoms with E-state index in [1.165, 1.54) is 0 Å². The van der Waals surface area contributed by atoms with E-state index >= 15 is 0 Å². The minimum atomic E-state index is -0.474. The lowest BCUT2D eigenvalue weighted by atomic mass is 9.99. The molecule has 0 bridgehead atoms. The first kappa shape index (κ1) is 18.1. The van der Waals surface area contributed by atoms with E-state index in [1.807, 2.05) is 45.0 Å². The third kappa shape index (κ3) is 5.11. The molecule has 23 heavy (non-hydrogen) atoms. The highest BCUT2D eigenvalue weighted by Gasteiger charge is 2.40. The lowest BCUT2D eigenvalue weighted by Crippen LogP contribution is -2.40. The molecule has 128 valence electrons. The van der Waals surface area contributed by atoms with Gasteiger partial charge in [-0.15, -0.1) is 0 Å². The van der Waals surface area contributed by atoms with Crippen LogP contribution >= 0.6 is 11.6 Å². The van der Waals surface area contributed by atoms with E-state index in [1.54, 1.807) is 4.90 Å². The first-order chi connectivity index (χ1) is 10.7. The van der Waals surface area contributed by atoms with Crippen LogP contribution in [-0.2, 0) is 16.1 Å². The number of hydrogen-bond donors (Lipinski definition) is 0. The Hall–Kier alpha value is -1.26. The third-order valence-electron chi connectivity index (χ3n) is 4.07. The molecule has 4 nitrogen and oxygen atoms in total. The molecule has 1 aromatic rings. The summed E-state index contributed by atoms with van der Waals surface area (Å²) < 4.78 is 11.6. The number of halogens is 1. The molecule has 1 atom stereocenters. The predicted octanol–water partition coefficient (Wildman–Crippen LogP) is 4.65. The van der Waals surface area contributed by atoms with E-state index in [4.69, 9.17) is 21.1 Å². The second-order valence-electron chi connectivity index (χ2n) is 7.10. The van der Waals surface area contributed by atoms with Crippen LogP contribution < -0.4 is 0 Å². The molecule has 0 aliphatic carbocycles. The molecule has 1 aliphatic rings. The lowest BCUT2D eigenvalue weighted by molar-refractivity contribution is -0.0527. The van der Waals surface area contributed by atoms with Gasteiger partial charge < -0.3 is 14.4 Å². The summed E-state index contributed by atoms with van der Waals surface area (Å²) in [4.78, 5) is 14.0. The zero-order chi connectivity index (χ0) is 17.1. The third-order valence-corrected chi connectivity index (χ3v) is 4.32. The number of amides is 1. The molecule has 0 saturated carbocycles. The number of nitrogens with zero attached hydrogens (tertiary/aromatic N) is 1. The second kappa shape index (κ2) is 7.10. The van der Waals surface area contributed by atoms with Crippen molar-refractivity contribution in [2.75, 3.05) is 13.1 Å². The van der Waals surface area contributed by atoms with Gasteiger partial charge in [-0.2, -0.15) is 0 Å². The van der Waals surface area contributed by atoms with Gasteiger partial charge in [-0.3, -0.25) is 0 Å². The molecule has 1 fully saturated rings. The van der Waals surface area contributed by atoms with Gasteiger partial charge in [0.25, 0.3) is 0 Å². The summed E-state index contributed by atoms with van der Waals surface area (Å²) in [6.45, 7) is 9.50. The zero-order valence-electron chi connectivity index (χ0n) is 14.4. The summed E-state index contributed by atoms with van der Waals surface area (Å²) >= 11 is 5.90. The Morgan fingerprint density at radius 3 is 2.52 bits per heavy atom. The lowest BCUT2D eigenvalue weighted by Gasteiger charge is -2.29. The van der Waals surface area contributed by atoms with E-state index in [0.29, 0.717) is 19.7 Å². The Labute approximate surface area is 143 Å². The Bertz CT molecular complexity index is 538. The zero-order valence-corrected chi connectivity index (χ0v) is 15.2.